The molecule has 0 aliphatic rings. The second-order valence-corrected chi connectivity index (χ2v) is 8.09. The number of rotatable bonds is 5. The smallest absolute Gasteiger partial charge is 0.419 e. The van der Waals surface area contributed by atoms with E-state index in [2.05, 4.69) is 4.98 Å². The van der Waals surface area contributed by atoms with E-state index in [1.807, 2.05) is 0 Å². The fourth-order valence-electron chi connectivity index (χ4n) is 3.15. The molecule has 3 rings (SSSR count). The number of benzene rings is 2. The Bertz CT molecular complexity index is 1320. The summed E-state index contributed by atoms with van der Waals surface area (Å²) in [5, 5.41) is 0. The van der Waals surface area contributed by atoms with Gasteiger partial charge in [-0.2, -0.15) is 17.6 Å². The molecule has 176 valence electrons. The Morgan fingerprint density at radius 3 is 2.21 bits per heavy atom. The van der Waals surface area contributed by atoms with Gasteiger partial charge in [0.05, 0.1) is 29.2 Å². The minimum Gasteiger partial charge on any atom is -0.490 e. The number of methoxy groups -OCH3 is 1. The monoisotopic (exact) mass is 491 g/mol. The van der Waals surface area contributed by atoms with Gasteiger partial charge in [0.15, 0.2) is 17.0 Å². The van der Waals surface area contributed by atoms with E-state index in [0.29, 0.717) is 18.2 Å². The van der Waals surface area contributed by atoms with Crippen LogP contribution in [0.2, 0.25) is 0 Å². The van der Waals surface area contributed by atoms with Gasteiger partial charge in [-0.05, 0) is 31.2 Å². The molecule has 0 fully saturated rings. The van der Waals surface area contributed by atoms with E-state index in [1.54, 1.807) is 0 Å². The van der Waals surface area contributed by atoms with Crippen molar-refractivity contribution in [2.75, 3.05) is 13.4 Å². The molecule has 5 nitrogen and oxygen atoms in total. The van der Waals surface area contributed by atoms with Crippen molar-refractivity contribution >= 4 is 10.8 Å². The number of alkyl halides is 3. The van der Waals surface area contributed by atoms with Crippen molar-refractivity contribution in [3.8, 4) is 28.5 Å². The SMILES string of the molecule is COc1c(Oc2cc(C(F)(F)F)c(F)cc2-c2cc(=O)c(S(C)=O)c(C)[nH]2)ccc(F)c1F. The molecule has 1 heterocycles. The molecule has 2 aromatic carbocycles. The quantitative estimate of drug-likeness (QED) is 0.491. The van der Waals surface area contributed by atoms with Gasteiger partial charge < -0.3 is 14.5 Å². The summed E-state index contributed by atoms with van der Waals surface area (Å²) in [4.78, 5) is 15.0. The maximum absolute atomic E-state index is 14.4. The van der Waals surface area contributed by atoms with Gasteiger partial charge in [0.25, 0.3) is 0 Å². The van der Waals surface area contributed by atoms with Crippen LogP contribution in [0.25, 0.3) is 11.3 Å². The average Bonchev–Trinajstić information content (AvgIpc) is 2.70. The molecule has 1 atom stereocenters. The molecular weight excluding hydrogens is 476 g/mol. The number of pyridine rings is 1. The van der Waals surface area contributed by atoms with E-state index < -0.39 is 62.7 Å². The second-order valence-electron chi connectivity index (χ2n) is 6.78. The third-order valence-corrected chi connectivity index (χ3v) is 5.63. The zero-order valence-electron chi connectivity index (χ0n) is 17.2. The first-order valence-electron chi connectivity index (χ1n) is 9.03. The Morgan fingerprint density at radius 1 is 1.00 bits per heavy atom. The zero-order valence-corrected chi connectivity index (χ0v) is 18.0. The second kappa shape index (κ2) is 8.93. The fraction of sp³-hybridized carbons (Fsp3) is 0.190. The van der Waals surface area contributed by atoms with Crippen molar-refractivity contribution < 1.29 is 40.0 Å². The molecule has 1 unspecified atom stereocenters. The molecule has 0 spiro atoms. The lowest BCUT2D eigenvalue weighted by molar-refractivity contribution is -0.140. The predicted octanol–water partition coefficient (Wildman–Crippen LogP) is 5.32. The molecule has 0 aliphatic carbocycles. The summed E-state index contributed by atoms with van der Waals surface area (Å²) < 4.78 is 104. The van der Waals surface area contributed by atoms with Crippen LogP contribution in [-0.2, 0) is 17.0 Å². The van der Waals surface area contributed by atoms with E-state index in [9.17, 15) is 35.3 Å². The number of aromatic nitrogens is 1. The number of aryl methyl sites for hydroxylation is 1. The first-order chi connectivity index (χ1) is 15.3. The standard InChI is InChI=1S/C21H15F6NO4S/c1-9-20(33(3)30)15(29)8-14(28-9)10-6-13(23)11(21(25,26)27)7-17(10)32-16-5-4-12(22)18(24)19(16)31-2/h4-8H,1-3H3,(H,28,29). The number of hydrogen-bond acceptors (Lipinski definition) is 4. The molecule has 12 heteroatoms. The van der Waals surface area contributed by atoms with Gasteiger partial charge in [-0.25, -0.2) is 8.78 Å². The van der Waals surface area contributed by atoms with Crippen LogP contribution in [0.3, 0.4) is 0 Å². The first-order valence-corrected chi connectivity index (χ1v) is 10.6. The zero-order chi connectivity index (χ0) is 24.7. The predicted molar refractivity (Wildman–Crippen MR) is 108 cm³/mol. The molecule has 0 bridgehead atoms. The summed E-state index contributed by atoms with van der Waals surface area (Å²) in [6, 6.07) is 3.30. The van der Waals surface area contributed by atoms with Gasteiger partial charge >= 0.3 is 6.18 Å². The van der Waals surface area contributed by atoms with Crippen LogP contribution in [0.5, 0.6) is 17.2 Å². The lowest BCUT2D eigenvalue weighted by atomic mass is 10.0. The summed E-state index contributed by atoms with van der Waals surface area (Å²) in [7, 11) is -0.686. The number of aromatic amines is 1. The minimum absolute atomic E-state index is 0.0733. The van der Waals surface area contributed by atoms with Gasteiger partial charge in [0, 0.05) is 23.6 Å². The van der Waals surface area contributed by atoms with Crippen molar-refractivity contribution in [1.82, 2.24) is 4.98 Å². The van der Waals surface area contributed by atoms with Crippen LogP contribution in [0.15, 0.2) is 40.0 Å². The Morgan fingerprint density at radius 2 is 1.67 bits per heavy atom. The largest absolute Gasteiger partial charge is 0.490 e. The van der Waals surface area contributed by atoms with Crippen LogP contribution in [0, 0.1) is 24.4 Å². The highest BCUT2D eigenvalue weighted by Crippen LogP contribution is 2.42. The lowest BCUT2D eigenvalue weighted by Gasteiger charge is -2.18. The highest BCUT2D eigenvalue weighted by molar-refractivity contribution is 7.84. The van der Waals surface area contributed by atoms with Gasteiger partial charge in [0.1, 0.15) is 16.5 Å². The lowest BCUT2D eigenvalue weighted by Crippen LogP contribution is -2.14. The van der Waals surface area contributed by atoms with Gasteiger partial charge in [-0.3, -0.25) is 9.00 Å². The van der Waals surface area contributed by atoms with Crippen molar-refractivity contribution in [3.05, 3.63) is 69.3 Å². The first kappa shape index (κ1) is 24.4. The maximum Gasteiger partial charge on any atom is 0.419 e. The summed E-state index contributed by atoms with van der Waals surface area (Å²) >= 11 is 0. The van der Waals surface area contributed by atoms with E-state index in [4.69, 9.17) is 9.47 Å². The Labute approximate surface area is 185 Å². The van der Waals surface area contributed by atoms with E-state index in [1.165, 1.54) is 13.2 Å². The van der Waals surface area contributed by atoms with E-state index >= 15 is 0 Å². The highest BCUT2D eigenvalue weighted by Gasteiger charge is 2.36. The summed E-state index contributed by atoms with van der Waals surface area (Å²) in [5.74, 6) is -6.27. The van der Waals surface area contributed by atoms with Gasteiger partial charge in [-0.15, -0.1) is 0 Å². The number of hydrogen-bond donors (Lipinski definition) is 1. The topological polar surface area (TPSA) is 68.4 Å². The maximum atomic E-state index is 14.4. The third-order valence-electron chi connectivity index (χ3n) is 4.55. The molecule has 1 N–H and O–H groups in total. The molecule has 0 aliphatic heterocycles. The molecule has 0 saturated heterocycles. The number of halogens is 6. The van der Waals surface area contributed by atoms with Crippen LogP contribution in [-0.4, -0.2) is 22.6 Å². The van der Waals surface area contributed by atoms with Crippen LogP contribution < -0.4 is 14.9 Å². The summed E-state index contributed by atoms with van der Waals surface area (Å²) in [6.45, 7) is 1.40. The Hall–Kier alpha value is -3.28. The molecule has 3 aromatic rings. The third kappa shape index (κ3) is 4.75. The summed E-state index contributed by atoms with van der Waals surface area (Å²) in [5.41, 5.74) is -2.75. The highest BCUT2D eigenvalue weighted by atomic mass is 32.2. The molecule has 0 radical (unpaired) electrons. The van der Waals surface area contributed by atoms with Crippen molar-refractivity contribution in [3.63, 3.8) is 0 Å². The van der Waals surface area contributed by atoms with Crippen molar-refractivity contribution in [1.29, 1.82) is 0 Å². The van der Waals surface area contributed by atoms with E-state index in [-0.39, 0.29) is 21.8 Å². The number of ether oxygens (including phenoxy) is 2. The minimum atomic E-state index is -5.11. The van der Waals surface area contributed by atoms with Crippen molar-refractivity contribution in [2.24, 2.45) is 0 Å². The van der Waals surface area contributed by atoms with Crippen molar-refractivity contribution in [2.45, 2.75) is 18.0 Å². The molecular formula is C21H15F6NO4S. The average molecular weight is 491 g/mol. The van der Waals surface area contributed by atoms with E-state index in [0.717, 1.165) is 19.2 Å². The molecule has 33 heavy (non-hydrogen) atoms. The summed E-state index contributed by atoms with van der Waals surface area (Å²) in [6.07, 6.45) is -3.84. The molecule has 0 amide bonds. The molecule has 1 aromatic heterocycles. The van der Waals surface area contributed by atoms with Crippen LogP contribution in [0.1, 0.15) is 11.3 Å². The Balaban J connectivity index is 2.29. The molecule has 0 saturated carbocycles. The van der Waals surface area contributed by atoms with Crippen LogP contribution in [0.4, 0.5) is 26.3 Å². The Kier molecular flexibility index (Phi) is 6.59. The van der Waals surface area contributed by atoms with Gasteiger partial charge in [0.2, 0.25) is 11.6 Å². The number of nitrogens with one attached hydrogen (secondary N) is 1. The fourth-order valence-corrected chi connectivity index (χ4v) is 3.97. The number of H-pyrrole nitrogens is 1. The van der Waals surface area contributed by atoms with Crippen LogP contribution >= 0.6 is 0 Å². The van der Waals surface area contributed by atoms with Gasteiger partial charge in [-0.1, -0.05) is 0 Å². The normalized spacial score (nSPS) is 12.5.